The van der Waals surface area contributed by atoms with E-state index >= 15 is 0 Å². The van der Waals surface area contributed by atoms with Gasteiger partial charge in [-0.05, 0) is 173 Å². The van der Waals surface area contributed by atoms with Gasteiger partial charge in [-0.2, -0.15) is 0 Å². The Balaban J connectivity index is 5.52. The van der Waals surface area contributed by atoms with Crippen LogP contribution < -0.4 is 0 Å². The van der Waals surface area contributed by atoms with Crippen molar-refractivity contribution in [2.45, 2.75) is 329 Å². The van der Waals surface area contributed by atoms with Gasteiger partial charge in [-0.3, -0.25) is 37.3 Å². The summed E-state index contributed by atoms with van der Waals surface area (Å²) in [6.07, 6.45) is 94.8. The predicted octanol–water partition coefficient (Wildman–Crippen LogP) is 24.6. The smallest absolute Gasteiger partial charge is 0.462 e. The van der Waals surface area contributed by atoms with Crippen molar-refractivity contribution in [1.29, 1.82) is 0 Å². The molecule has 0 heterocycles. The normalized spacial score (nSPS) is 14.7. The second-order valence-electron chi connectivity index (χ2n) is 27.0. The Morgan fingerprint density at radius 2 is 0.491 bits per heavy atom. The molecule has 0 spiro atoms. The highest BCUT2D eigenvalue weighted by atomic mass is 31.2. The average molecular weight is 1550 g/mol. The summed E-state index contributed by atoms with van der Waals surface area (Å²) >= 11 is 0. The lowest BCUT2D eigenvalue weighted by molar-refractivity contribution is -0.161. The Bertz CT molecular complexity index is 2710. The van der Waals surface area contributed by atoms with Crippen LogP contribution in [0.25, 0.3) is 0 Å². The Labute approximate surface area is 654 Å². The summed E-state index contributed by atoms with van der Waals surface area (Å²) in [5, 5.41) is 10.7. The van der Waals surface area contributed by atoms with Gasteiger partial charge in [0, 0.05) is 25.7 Å². The lowest BCUT2D eigenvalue weighted by atomic mass is 10.1. The van der Waals surface area contributed by atoms with Crippen LogP contribution in [0.15, 0.2) is 170 Å². The third kappa shape index (κ3) is 78.5. The third-order valence-electron chi connectivity index (χ3n) is 16.6. The molecule has 0 aliphatic heterocycles. The van der Waals surface area contributed by atoms with Gasteiger partial charge >= 0.3 is 39.5 Å². The zero-order chi connectivity index (χ0) is 78.9. The number of ether oxygens (including phenoxy) is 4. The molecule has 3 N–H and O–H groups in total. The van der Waals surface area contributed by atoms with Crippen molar-refractivity contribution in [2.75, 3.05) is 39.6 Å². The summed E-state index contributed by atoms with van der Waals surface area (Å²) in [7, 11) is -10.0. The molecule has 0 amide bonds. The molecule has 108 heavy (non-hydrogen) atoms. The maximum Gasteiger partial charge on any atom is 0.472 e. The van der Waals surface area contributed by atoms with Crippen molar-refractivity contribution >= 4 is 39.5 Å². The van der Waals surface area contributed by atoms with Crippen LogP contribution in [0.2, 0.25) is 0 Å². The number of phosphoric ester groups is 2. The number of phosphoric acid groups is 2. The predicted molar refractivity (Wildman–Crippen MR) is 445 cm³/mol. The number of hydrogen-bond donors (Lipinski definition) is 3. The Hall–Kier alpha value is -5.58. The number of allylic oxidation sites excluding steroid dienone is 28. The van der Waals surface area contributed by atoms with Crippen LogP contribution in [-0.4, -0.2) is 96.7 Å². The number of carbonyl (C=O) groups is 4. The van der Waals surface area contributed by atoms with E-state index < -0.39 is 97.5 Å². The average Bonchev–Trinajstić information content (AvgIpc) is 0.901. The number of esters is 4. The molecular formula is C89H146O17P2. The topological polar surface area (TPSA) is 237 Å². The minimum atomic E-state index is -5.02. The maximum absolute atomic E-state index is 13.1. The lowest BCUT2D eigenvalue weighted by Gasteiger charge is -2.21. The number of unbranched alkanes of at least 4 members (excludes halogenated alkanes) is 22. The van der Waals surface area contributed by atoms with Crippen LogP contribution in [0.1, 0.15) is 310 Å². The van der Waals surface area contributed by atoms with Crippen molar-refractivity contribution in [3.8, 4) is 0 Å². The molecule has 2 unspecified atom stereocenters. The van der Waals surface area contributed by atoms with E-state index in [0.717, 1.165) is 154 Å². The largest absolute Gasteiger partial charge is 0.472 e. The van der Waals surface area contributed by atoms with E-state index in [0.29, 0.717) is 38.5 Å². The van der Waals surface area contributed by atoms with Crippen LogP contribution in [0.3, 0.4) is 0 Å². The van der Waals surface area contributed by atoms with Crippen LogP contribution >= 0.6 is 15.6 Å². The molecule has 614 valence electrons. The molecule has 19 heteroatoms. The van der Waals surface area contributed by atoms with Crippen molar-refractivity contribution in [1.82, 2.24) is 0 Å². The Kier molecular flexibility index (Phi) is 75.4. The molecule has 0 aliphatic rings. The minimum absolute atomic E-state index is 0.00135. The molecule has 0 fully saturated rings. The molecule has 5 atom stereocenters. The molecule has 17 nitrogen and oxygen atoms in total. The van der Waals surface area contributed by atoms with Gasteiger partial charge < -0.3 is 33.8 Å². The second kappa shape index (κ2) is 79.5. The molecule has 0 rings (SSSR count). The van der Waals surface area contributed by atoms with Gasteiger partial charge in [-0.25, -0.2) is 9.13 Å². The zero-order valence-corrected chi connectivity index (χ0v) is 69.0. The molecule has 0 aliphatic carbocycles. The molecule has 0 aromatic heterocycles. The first-order valence-electron chi connectivity index (χ1n) is 41.4. The van der Waals surface area contributed by atoms with Crippen molar-refractivity contribution in [3.05, 3.63) is 170 Å². The summed E-state index contributed by atoms with van der Waals surface area (Å²) in [6.45, 7) is 4.52. The first kappa shape index (κ1) is 102. The molecular weight excluding hydrogens is 1400 g/mol. The summed E-state index contributed by atoms with van der Waals surface area (Å²) in [5.74, 6) is -2.36. The molecule has 0 saturated heterocycles. The fourth-order valence-corrected chi connectivity index (χ4v) is 11.9. The number of rotatable bonds is 76. The summed E-state index contributed by atoms with van der Waals surface area (Å²) < 4.78 is 68.6. The van der Waals surface area contributed by atoms with Gasteiger partial charge in [0.1, 0.15) is 19.3 Å². The highest BCUT2D eigenvalue weighted by Crippen LogP contribution is 2.45. The molecule has 0 bridgehead atoms. The number of aliphatic hydroxyl groups excluding tert-OH is 1. The highest BCUT2D eigenvalue weighted by molar-refractivity contribution is 7.47. The SMILES string of the molecule is CC/C=C\C/C=C\C/C=C\C/C=C\C/C=C\CCCCCC(=O)OC[C@H](COP(=O)(O)OC[C@@H](O)COP(=O)(O)OC[C@@H](COC(=O)CCC/C=C\C/C=C\C/C=C\C/C=C\CCCCC)OC(=O)CCC/C=C\C/C=C\C/C=C\C/C=C\CCCCC)OC(=O)CCCCCCCCC/C=C\CCCCCC. The first-order valence-corrected chi connectivity index (χ1v) is 44.4. The summed E-state index contributed by atoms with van der Waals surface area (Å²) in [4.78, 5) is 73.1. The summed E-state index contributed by atoms with van der Waals surface area (Å²) in [6, 6.07) is 0. The number of aliphatic hydroxyl groups is 1. The fraction of sp³-hybridized carbons (Fsp3) is 0.640. The van der Waals surface area contributed by atoms with Crippen LogP contribution in [0.4, 0.5) is 0 Å². The van der Waals surface area contributed by atoms with Gasteiger partial charge in [-0.1, -0.05) is 281 Å². The van der Waals surface area contributed by atoms with E-state index in [2.05, 4.69) is 174 Å². The highest BCUT2D eigenvalue weighted by Gasteiger charge is 2.30. The van der Waals surface area contributed by atoms with E-state index in [4.69, 9.17) is 37.0 Å². The van der Waals surface area contributed by atoms with Crippen molar-refractivity contribution in [2.24, 2.45) is 0 Å². The van der Waals surface area contributed by atoms with Crippen molar-refractivity contribution in [3.63, 3.8) is 0 Å². The third-order valence-corrected chi connectivity index (χ3v) is 18.5. The molecule has 0 saturated carbocycles. The van der Waals surface area contributed by atoms with E-state index in [1.807, 2.05) is 24.3 Å². The van der Waals surface area contributed by atoms with E-state index in [1.54, 1.807) is 0 Å². The van der Waals surface area contributed by atoms with Crippen LogP contribution in [0, 0.1) is 0 Å². The van der Waals surface area contributed by atoms with Gasteiger partial charge in [-0.15, -0.1) is 0 Å². The number of carbonyl (C=O) groups excluding carboxylic acids is 4. The second-order valence-corrected chi connectivity index (χ2v) is 29.9. The zero-order valence-electron chi connectivity index (χ0n) is 67.2. The molecule has 0 radical (unpaired) electrons. The van der Waals surface area contributed by atoms with Crippen LogP contribution in [-0.2, 0) is 65.4 Å². The Morgan fingerprint density at radius 1 is 0.269 bits per heavy atom. The van der Waals surface area contributed by atoms with E-state index in [1.165, 1.54) is 64.2 Å². The van der Waals surface area contributed by atoms with Gasteiger partial charge in [0.25, 0.3) is 0 Å². The van der Waals surface area contributed by atoms with E-state index in [-0.39, 0.29) is 25.7 Å². The van der Waals surface area contributed by atoms with Gasteiger partial charge in [0.2, 0.25) is 0 Å². The quantitative estimate of drug-likeness (QED) is 0.0169. The number of hydrogen-bond acceptors (Lipinski definition) is 15. The van der Waals surface area contributed by atoms with Gasteiger partial charge in [0.15, 0.2) is 12.2 Å². The van der Waals surface area contributed by atoms with Crippen LogP contribution in [0.5, 0.6) is 0 Å². The van der Waals surface area contributed by atoms with Crippen molar-refractivity contribution < 1.29 is 80.2 Å². The maximum atomic E-state index is 13.1. The van der Waals surface area contributed by atoms with E-state index in [9.17, 15) is 43.2 Å². The minimum Gasteiger partial charge on any atom is -0.462 e. The first-order chi connectivity index (χ1) is 52.7. The molecule has 0 aromatic carbocycles. The molecule has 0 aromatic rings. The Morgan fingerprint density at radius 3 is 0.824 bits per heavy atom. The van der Waals surface area contributed by atoms with Gasteiger partial charge in [0.05, 0.1) is 26.4 Å². The lowest BCUT2D eigenvalue weighted by Crippen LogP contribution is -2.30. The monoisotopic (exact) mass is 1550 g/mol. The summed E-state index contributed by atoms with van der Waals surface area (Å²) in [5.41, 5.74) is 0. The standard InChI is InChI=1S/C89H146O17P2/c1-5-9-13-17-21-25-29-33-37-40-41-44-47-50-54-58-62-66-70-74-87(92)100-79-84(105-88(93)75-71-67-63-59-55-51-45-36-32-28-24-20-16-12-8-4)81-103-107(95,96)101-77-83(90)78-102-108(97,98)104-82-85(106-89(94)76-72-68-64-60-56-52-48-43-39-35-31-27-23-19-15-11-7-3)80-99-86(91)73-69-65-61-57-53-49-46-42-38-34-30-26-22-18-14-10-6-2/h9,13,21-23,25-28,32-35,37-39,41,44,46,48-50,52,54,57,60-61,64,83-85,90H,5-8,10-12,14-20,24,29-31,36,40,42-43,45,47,51,53,55-56,58-59,62-63,65-82H2,1-4H3,(H,95,96)(H,97,98)/b13-9-,25-21-,26-22-,27-23-,32-28-,37-33-,38-34-,39-35-,44-41-,49-46-,52-48-,54-50-,61-57-,64-60-/t83-,84-,85-/m1/s1. The fourth-order valence-electron chi connectivity index (χ4n) is 10.3.